The van der Waals surface area contributed by atoms with Gasteiger partial charge in [-0.1, -0.05) is 23.2 Å². The Bertz CT molecular complexity index is 1130. The van der Waals surface area contributed by atoms with Gasteiger partial charge in [-0.05, 0) is 24.3 Å². The van der Waals surface area contributed by atoms with Crippen LogP contribution >= 0.6 is 46.3 Å². The van der Waals surface area contributed by atoms with E-state index < -0.39 is 11.2 Å². The number of fused-ring (bicyclic) bond motifs is 2. The number of anilines is 1. The molecule has 10 heteroatoms. The van der Waals surface area contributed by atoms with Crippen molar-refractivity contribution >= 4 is 74.1 Å². The van der Waals surface area contributed by atoms with Crippen LogP contribution < -0.4 is 9.64 Å². The van der Waals surface area contributed by atoms with Gasteiger partial charge in [-0.15, -0.1) is 23.1 Å². The molecule has 3 aromatic rings. The van der Waals surface area contributed by atoms with Gasteiger partial charge in [0.15, 0.2) is 0 Å². The lowest BCUT2D eigenvalue weighted by molar-refractivity contribution is -0.138. The van der Waals surface area contributed by atoms with Crippen LogP contribution in [0.2, 0.25) is 10.0 Å². The van der Waals surface area contributed by atoms with E-state index in [-0.39, 0.29) is 18.9 Å². The number of methoxy groups -OCH3 is 1. The van der Waals surface area contributed by atoms with Gasteiger partial charge in [0.2, 0.25) is 5.91 Å². The Balaban J connectivity index is 1.75. The molecular formula is C19H14Cl2N2O4S2. The van der Waals surface area contributed by atoms with Crippen molar-refractivity contribution in [2.45, 2.75) is 23.1 Å². The number of hydrogen-bond acceptors (Lipinski definition) is 6. The van der Waals surface area contributed by atoms with E-state index >= 15 is 0 Å². The van der Waals surface area contributed by atoms with Crippen LogP contribution in [0.4, 0.5) is 5.69 Å². The number of thiazole rings is 1. The fourth-order valence-electron chi connectivity index (χ4n) is 3.07. The predicted molar refractivity (Wildman–Crippen MR) is 116 cm³/mol. The van der Waals surface area contributed by atoms with E-state index in [2.05, 4.69) is 4.98 Å². The van der Waals surface area contributed by atoms with Gasteiger partial charge in [0.1, 0.15) is 16.3 Å². The molecule has 1 atom stereocenters. The molecule has 0 fully saturated rings. The first-order valence-corrected chi connectivity index (χ1v) is 10.9. The maximum absolute atomic E-state index is 13.1. The molecule has 4 rings (SSSR count). The van der Waals surface area contributed by atoms with E-state index in [0.29, 0.717) is 32.0 Å². The average Bonchev–Trinajstić information content (AvgIpc) is 3.11. The normalized spacial score (nSPS) is 16.2. The van der Waals surface area contributed by atoms with Gasteiger partial charge in [0.05, 0.1) is 45.8 Å². The largest absolute Gasteiger partial charge is 0.497 e. The summed E-state index contributed by atoms with van der Waals surface area (Å²) in [6, 6.07) is 8.94. The van der Waals surface area contributed by atoms with Crippen LogP contribution in [0.15, 0.2) is 35.2 Å². The molecule has 1 unspecified atom stereocenters. The molecule has 0 spiro atoms. The molecular weight excluding hydrogens is 455 g/mol. The molecule has 6 nitrogen and oxygen atoms in total. The molecule has 1 aliphatic rings. The molecule has 0 bridgehead atoms. The Kier molecular flexibility index (Phi) is 5.61. The molecule has 1 N–H and O–H groups in total. The number of carbonyl (C=O) groups excluding carboxylic acids is 1. The number of hydrogen-bond donors (Lipinski definition) is 1. The lowest BCUT2D eigenvalue weighted by atomic mass is 10.2. The fraction of sp³-hybridized carbons (Fsp3) is 0.211. The number of thioether (sulfide) groups is 1. The quantitative estimate of drug-likeness (QED) is 0.561. The second-order valence-corrected chi connectivity index (χ2v) is 9.42. The van der Waals surface area contributed by atoms with Crippen LogP contribution in [0, 0.1) is 0 Å². The molecule has 2 aromatic carbocycles. The summed E-state index contributed by atoms with van der Waals surface area (Å²) in [4.78, 5) is 31.3. The van der Waals surface area contributed by atoms with Crippen molar-refractivity contribution in [1.82, 2.24) is 4.98 Å². The lowest BCUT2D eigenvalue weighted by Crippen LogP contribution is -2.41. The van der Waals surface area contributed by atoms with E-state index in [0.717, 1.165) is 9.60 Å². The summed E-state index contributed by atoms with van der Waals surface area (Å²) in [6.45, 7) is 0.197. The van der Waals surface area contributed by atoms with Crippen LogP contribution in [0.1, 0.15) is 11.4 Å². The smallest absolute Gasteiger partial charge is 0.305 e. The zero-order valence-electron chi connectivity index (χ0n) is 15.0. The number of carboxylic acids is 1. The van der Waals surface area contributed by atoms with Crippen molar-refractivity contribution in [1.29, 1.82) is 0 Å². The number of rotatable bonds is 5. The van der Waals surface area contributed by atoms with Crippen LogP contribution in [0.25, 0.3) is 10.2 Å². The molecule has 0 radical (unpaired) electrons. The number of aliphatic carboxylic acids is 1. The number of aromatic nitrogens is 1. The third-order valence-electron chi connectivity index (χ3n) is 4.42. The number of carbonyl (C=O) groups is 2. The summed E-state index contributed by atoms with van der Waals surface area (Å²) in [7, 11) is 1.55. The van der Waals surface area contributed by atoms with E-state index in [9.17, 15) is 14.7 Å². The first-order valence-electron chi connectivity index (χ1n) is 8.48. The number of benzene rings is 2. The van der Waals surface area contributed by atoms with Gasteiger partial charge in [-0.2, -0.15) is 0 Å². The van der Waals surface area contributed by atoms with Crippen molar-refractivity contribution in [2.24, 2.45) is 0 Å². The number of halogens is 2. The predicted octanol–water partition coefficient (Wildman–Crippen LogP) is 5.09. The summed E-state index contributed by atoms with van der Waals surface area (Å²) in [5, 5.41) is 9.95. The molecule has 2 heterocycles. The maximum atomic E-state index is 13.1. The molecule has 29 heavy (non-hydrogen) atoms. The molecule has 1 aliphatic heterocycles. The van der Waals surface area contributed by atoms with Crippen molar-refractivity contribution in [2.75, 3.05) is 12.0 Å². The summed E-state index contributed by atoms with van der Waals surface area (Å²) >= 11 is 15.0. The minimum Gasteiger partial charge on any atom is -0.497 e. The van der Waals surface area contributed by atoms with Gasteiger partial charge in [-0.3, -0.25) is 9.59 Å². The zero-order valence-corrected chi connectivity index (χ0v) is 18.2. The van der Waals surface area contributed by atoms with E-state index in [1.807, 2.05) is 12.1 Å². The van der Waals surface area contributed by atoms with Crippen molar-refractivity contribution in [3.8, 4) is 5.75 Å². The van der Waals surface area contributed by atoms with Crippen LogP contribution in [0.3, 0.4) is 0 Å². The van der Waals surface area contributed by atoms with Crippen LogP contribution in [-0.4, -0.2) is 34.3 Å². The standard InChI is InChI=1S/C19H14Cl2N2O4S2/c1-27-9-2-4-12-11(6-9)23(19(26)14(28-12)7-16(24)25)8-15-22-18-13(29-15)5-3-10(20)17(18)21/h2-6,14H,7-8H2,1H3,(H,24,25). The lowest BCUT2D eigenvalue weighted by Gasteiger charge is -2.33. The molecule has 0 saturated heterocycles. The molecule has 1 amide bonds. The Morgan fingerprint density at radius 2 is 2.10 bits per heavy atom. The highest BCUT2D eigenvalue weighted by Crippen LogP contribution is 2.43. The van der Waals surface area contributed by atoms with Gasteiger partial charge in [-0.25, -0.2) is 4.98 Å². The highest BCUT2D eigenvalue weighted by molar-refractivity contribution is 8.01. The Morgan fingerprint density at radius 1 is 1.31 bits per heavy atom. The molecule has 0 aliphatic carbocycles. The zero-order chi connectivity index (χ0) is 20.7. The monoisotopic (exact) mass is 468 g/mol. The third kappa shape index (κ3) is 3.90. The minimum atomic E-state index is -1.02. The number of nitrogens with zero attached hydrogens (tertiary/aromatic N) is 2. The average molecular weight is 469 g/mol. The SMILES string of the molecule is COc1ccc2c(c1)N(Cc1nc3c(Cl)c(Cl)ccc3s1)C(=O)C(CC(=O)O)S2. The maximum Gasteiger partial charge on any atom is 0.305 e. The molecule has 1 aromatic heterocycles. The number of ether oxygens (including phenoxy) is 1. The summed E-state index contributed by atoms with van der Waals surface area (Å²) < 4.78 is 6.16. The highest BCUT2D eigenvalue weighted by atomic mass is 35.5. The highest BCUT2D eigenvalue weighted by Gasteiger charge is 2.35. The third-order valence-corrected chi connectivity index (χ3v) is 7.47. The molecule has 0 saturated carbocycles. The van der Waals surface area contributed by atoms with Crippen LogP contribution in [-0.2, 0) is 16.1 Å². The fourth-order valence-corrected chi connectivity index (χ4v) is 5.65. The Morgan fingerprint density at radius 3 is 2.83 bits per heavy atom. The van der Waals surface area contributed by atoms with Crippen molar-refractivity contribution in [3.05, 3.63) is 45.4 Å². The van der Waals surface area contributed by atoms with E-state index in [1.54, 1.807) is 30.2 Å². The Hall–Kier alpha value is -2.00. The first-order chi connectivity index (χ1) is 13.9. The van der Waals surface area contributed by atoms with Crippen LogP contribution in [0.5, 0.6) is 5.75 Å². The molecule has 150 valence electrons. The summed E-state index contributed by atoms with van der Waals surface area (Å²) in [5.74, 6) is -0.686. The van der Waals surface area contributed by atoms with Gasteiger partial charge in [0.25, 0.3) is 0 Å². The van der Waals surface area contributed by atoms with Gasteiger partial charge in [0, 0.05) is 11.0 Å². The first kappa shape index (κ1) is 20.3. The van der Waals surface area contributed by atoms with Gasteiger partial charge >= 0.3 is 5.97 Å². The minimum absolute atomic E-state index is 0.197. The number of carboxylic acid groups (broad SMARTS) is 1. The second-order valence-electron chi connectivity index (χ2n) is 6.28. The number of amides is 1. The summed E-state index contributed by atoms with van der Waals surface area (Å²) in [6.07, 6.45) is -0.257. The van der Waals surface area contributed by atoms with Crippen molar-refractivity contribution < 1.29 is 19.4 Å². The van der Waals surface area contributed by atoms with E-state index in [4.69, 9.17) is 27.9 Å². The summed E-state index contributed by atoms with van der Waals surface area (Å²) in [5.41, 5.74) is 1.26. The Labute approximate surface area is 184 Å². The second kappa shape index (κ2) is 8.02. The van der Waals surface area contributed by atoms with Crippen molar-refractivity contribution in [3.63, 3.8) is 0 Å². The topological polar surface area (TPSA) is 79.7 Å². The van der Waals surface area contributed by atoms with Gasteiger partial charge < -0.3 is 14.7 Å². The van der Waals surface area contributed by atoms with E-state index in [1.165, 1.54) is 23.1 Å².